The molecule has 2 aromatic rings. The highest BCUT2D eigenvalue weighted by atomic mass is 32.1. The molecule has 1 saturated carbocycles. The molecule has 0 bridgehead atoms. The zero-order valence-corrected chi connectivity index (χ0v) is 21.0. The molecule has 182 valence electrons. The fourth-order valence-corrected chi connectivity index (χ4v) is 5.24. The molecule has 1 fully saturated rings. The van der Waals surface area contributed by atoms with Gasteiger partial charge in [-0.15, -0.1) is 11.3 Å². The first kappa shape index (κ1) is 24.3. The van der Waals surface area contributed by atoms with E-state index in [9.17, 15) is 14.4 Å². The van der Waals surface area contributed by atoms with Gasteiger partial charge in [-0.25, -0.2) is 0 Å². The highest BCUT2D eigenvalue weighted by Gasteiger charge is 2.24. The lowest BCUT2D eigenvalue weighted by molar-refractivity contribution is -0.123. The molecule has 2 atom stereocenters. The van der Waals surface area contributed by atoms with Crippen LogP contribution in [0.25, 0.3) is 12.2 Å². The second-order valence-corrected chi connectivity index (χ2v) is 11.2. The summed E-state index contributed by atoms with van der Waals surface area (Å²) in [4.78, 5) is 39.0. The van der Waals surface area contributed by atoms with E-state index in [4.69, 9.17) is 9.47 Å². The minimum atomic E-state index is -0.591. The van der Waals surface area contributed by atoms with E-state index in [1.54, 1.807) is 12.1 Å². The average molecular weight is 485 g/mol. The Bertz CT molecular complexity index is 1270. The molecule has 1 N–H and O–H groups in total. The van der Waals surface area contributed by atoms with Crippen molar-refractivity contribution in [2.45, 2.75) is 66.0 Å². The number of Topliss-reactive ketones (excluding diaryl/α,β-unsaturated/α-hetero) is 1. The van der Waals surface area contributed by atoms with Crippen LogP contribution in [-0.2, 0) is 16.1 Å². The number of aromatic nitrogens is 1. The molecule has 1 aliphatic heterocycles. The molecule has 8 heteroatoms. The van der Waals surface area contributed by atoms with E-state index in [0.29, 0.717) is 26.6 Å². The van der Waals surface area contributed by atoms with E-state index in [1.165, 1.54) is 28.4 Å². The number of nitrogens with zero attached hydrogens (tertiary/aromatic N) is 1. The number of benzene rings is 1. The number of carbonyl (C=O) groups excluding carboxylic acids is 2. The van der Waals surface area contributed by atoms with Crippen molar-refractivity contribution in [1.82, 2.24) is 9.88 Å². The molecule has 7 nitrogen and oxygen atoms in total. The Hall–Kier alpha value is -2.87. The van der Waals surface area contributed by atoms with E-state index in [1.807, 2.05) is 32.9 Å². The molecule has 0 radical (unpaired) electrons. The summed E-state index contributed by atoms with van der Waals surface area (Å²) in [5.74, 6) is 1.41. The molecule has 0 spiro atoms. The highest BCUT2D eigenvalue weighted by Crippen LogP contribution is 2.32. The van der Waals surface area contributed by atoms with Crippen LogP contribution in [0.2, 0.25) is 0 Å². The van der Waals surface area contributed by atoms with Gasteiger partial charge in [-0.2, -0.15) is 0 Å². The van der Waals surface area contributed by atoms with Crippen LogP contribution in [0.1, 0.15) is 58.9 Å². The molecule has 1 aliphatic carbocycles. The van der Waals surface area contributed by atoms with Gasteiger partial charge in [-0.1, -0.05) is 46.6 Å². The molecule has 34 heavy (non-hydrogen) atoms. The highest BCUT2D eigenvalue weighted by molar-refractivity contribution is 7.07. The summed E-state index contributed by atoms with van der Waals surface area (Å²) in [6, 6.07) is 5.58. The topological polar surface area (TPSA) is 86.6 Å². The molecule has 2 aliphatic rings. The van der Waals surface area contributed by atoms with Gasteiger partial charge in [0.05, 0.1) is 4.53 Å². The maximum atomic E-state index is 13.3. The van der Waals surface area contributed by atoms with Crippen molar-refractivity contribution in [3.63, 3.8) is 0 Å². The summed E-state index contributed by atoms with van der Waals surface area (Å²) in [7, 11) is 0. The van der Waals surface area contributed by atoms with Gasteiger partial charge in [0.2, 0.25) is 12.7 Å². The first-order chi connectivity index (χ1) is 16.1. The normalized spacial score (nSPS) is 21.1. The van der Waals surface area contributed by atoms with Crippen LogP contribution in [0.5, 0.6) is 11.5 Å². The lowest BCUT2D eigenvalue weighted by atomic mass is 9.86. The van der Waals surface area contributed by atoms with Gasteiger partial charge in [0.15, 0.2) is 17.3 Å². The molecule has 2 heterocycles. The second-order valence-electron chi connectivity index (χ2n) is 10.1. The number of hydrogen-bond donors (Lipinski definition) is 1. The van der Waals surface area contributed by atoms with E-state index in [2.05, 4.69) is 12.2 Å². The fourth-order valence-electron chi connectivity index (χ4n) is 4.20. The maximum Gasteiger partial charge on any atom is 0.269 e. The summed E-state index contributed by atoms with van der Waals surface area (Å²) in [6.07, 6.45) is 7.57. The number of nitrogens with one attached hydrogen (secondary N) is 1. The Morgan fingerprint density at radius 1 is 1.18 bits per heavy atom. The second kappa shape index (κ2) is 9.78. The Kier molecular flexibility index (Phi) is 6.98. The molecule has 0 saturated heterocycles. The SMILES string of the molecule is CC1CCCCC1NC(=O)Cn1c(=O)/c(=C\c2ccc3c(c2)OCO3)s/c1=C\C(=O)C(C)(C)C. The van der Waals surface area contributed by atoms with Gasteiger partial charge >= 0.3 is 0 Å². The van der Waals surface area contributed by atoms with Crippen LogP contribution < -0.4 is 29.5 Å². The summed E-state index contributed by atoms with van der Waals surface area (Å²) in [6.45, 7) is 7.71. The van der Waals surface area contributed by atoms with Gasteiger partial charge < -0.3 is 14.8 Å². The Morgan fingerprint density at radius 2 is 1.91 bits per heavy atom. The van der Waals surface area contributed by atoms with Crippen molar-refractivity contribution in [3.05, 3.63) is 43.3 Å². The lowest BCUT2D eigenvalue weighted by Crippen LogP contribution is -2.45. The van der Waals surface area contributed by atoms with E-state index in [-0.39, 0.29) is 36.6 Å². The van der Waals surface area contributed by atoms with Crippen LogP contribution >= 0.6 is 11.3 Å². The van der Waals surface area contributed by atoms with Crippen LogP contribution in [0.3, 0.4) is 0 Å². The minimum Gasteiger partial charge on any atom is -0.454 e. The number of amides is 1. The van der Waals surface area contributed by atoms with Crippen molar-refractivity contribution in [2.24, 2.45) is 11.3 Å². The van der Waals surface area contributed by atoms with Crippen molar-refractivity contribution in [2.75, 3.05) is 6.79 Å². The van der Waals surface area contributed by atoms with E-state index < -0.39 is 5.41 Å². The predicted molar refractivity (Wildman–Crippen MR) is 132 cm³/mol. The van der Waals surface area contributed by atoms with Gasteiger partial charge in [0, 0.05) is 17.5 Å². The third kappa shape index (κ3) is 5.43. The van der Waals surface area contributed by atoms with Crippen molar-refractivity contribution in [1.29, 1.82) is 0 Å². The standard InChI is InChI=1S/C26H32N2O5S/c1-16-7-5-6-8-18(16)27-23(30)14-28-24(13-22(29)26(2,3)4)34-21(25(28)31)12-17-9-10-19-20(11-17)33-15-32-19/h9-13,16,18H,5-8,14-15H2,1-4H3,(H,27,30)/b21-12+,24-13-. The monoisotopic (exact) mass is 484 g/mol. The summed E-state index contributed by atoms with van der Waals surface area (Å²) >= 11 is 1.21. The first-order valence-corrected chi connectivity index (χ1v) is 12.6. The maximum absolute atomic E-state index is 13.3. The molecule has 1 aromatic heterocycles. The summed E-state index contributed by atoms with van der Waals surface area (Å²) in [5, 5.41) is 3.11. The number of hydrogen-bond acceptors (Lipinski definition) is 6. The Labute approximate surface area is 203 Å². The van der Waals surface area contributed by atoms with Gasteiger partial charge in [-0.05, 0) is 42.5 Å². The number of fused-ring (bicyclic) bond motifs is 1. The van der Waals surface area contributed by atoms with Gasteiger partial charge in [0.25, 0.3) is 5.56 Å². The quantitative estimate of drug-likeness (QED) is 0.705. The number of ketones is 1. The van der Waals surface area contributed by atoms with Gasteiger partial charge in [0.1, 0.15) is 11.2 Å². The van der Waals surface area contributed by atoms with Crippen LogP contribution in [0.4, 0.5) is 0 Å². The smallest absolute Gasteiger partial charge is 0.269 e. The Morgan fingerprint density at radius 3 is 2.65 bits per heavy atom. The average Bonchev–Trinajstić information content (AvgIpc) is 3.35. The molecule has 1 aromatic carbocycles. The van der Waals surface area contributed by atoms with Gasteiger partial charge in [-0.3, -0.25) is 19.0 Å². The van der Waals surface area contributed by atoms with Crippen molar-refractivity contribution in [3.8, 4) is 11.5 Å². The molecule has 4 rings (SSSR count). The zero-order valence-electron chi connectivity index (χ0n) is 20.2. The van der Waals surface area contributed by atoms with Crippen LogP contribution in [-0.4, -0.2) is 29.1 Å². The van der Waals surface area contributed by atoms with Crippen LogP contribution in [0, 0.1) is 11.3 Å². The number of thiazole rings is 1. The zero-order chi connectivity index (χ0) is 24.5. The molecular formula is C26H32N2O5S. The Balaban J connectivity index is 1.70. The predicted octanol–water partition coefficient (Wildman–Crippen LogP) is 2.56. The molecule has 2 unspecified atom stereocenters. The molecule has 1 amide bonds. The largest absolute Gasteiger partial charge is 0.454 e. The minimum absolute atomic E-state index is 0.0987. The van der Waals surface area contributed by atoms with Crippen molar-refractivity contribution >= 4 is 35.2 Å². The van der Waals surface area contributed by atoms with Crippen LogP contribution in [0.15, 0.2) is 23.0 Å². The summed E-state index contributed by atoms with van der Waals surface area (Å²) in [5.41, 5.74) is -0.0994. The third-order valence-electron chi connectivity index (χ3n) is 6.38. The third-order valence-corrected chi connectivity index (χ3v) is 7.44. The first-order valence-electron chi connectivity index (χ1n) is 11.8. The van der Waals surface area contributed by atoms with E-state index in [0.717, 1.165) is 24.8 Å². The lowest BCUT2D eigenvalue weighted by Gasteiger charge is -2.29. The fraction of sp³-hybridized carbons (Fsp3) is 0.500. The number of carbonyl (C=O) groups is 2. The van der Waals surface area contributed by atoms with E-state index >= 15 is 0 Å². The van der Waals surface area contributed by atoms with Crippen molar-refractivity contribution < 1.29 is 19.1 Å². The number of ether oxygens (including phenoxy) is 2. The molecular weight excluding hydrogens is 452 g/mol. The number of rotatable bonds is 5. The summed E-state index contributed by atoms with van der Waals surface area (Å²) < 4.78 is 13.1.